The lowest BCUT2D eigenvalue weighted by molar-refractivity contribution is -0.875. The summed E-state index contributed by atoms with van der Waals surface area (Å²) in [5.41, 5.74) is 2.69. The maximum atomic E-state index is 5.88. The molecule has 0 bridgehead atoms. The zero-order valence-corrected chi connectivity index (χ0v) is 16.1. The predicted molar refractivity (Wildman–Crippen MR) is 90.9 cm³/mol. The first kappa shape index (κ1) is 19.7. The molecule has 3 heteroatoms. The summed E-state index contributed by atoms with van der Waals surface area (Å²) in [5, 5.41) is 0. The van der Waals surface area contributed by atoms with Crippen molar-refractivity contribution in [3.05, 3.63) is 59.9 Å². The molecule has 1 aromatic heterocycles. The Morgan fingerprint density at radius 1 is 1.00 bits per heavy atom. The van der Waals surface area contributed by atoms with Crippen LogP contribution in [0.25, 0.3) is 0 Å². The van der Waals surface area contributed by atoms with Crippen molar-refractivity contribution in [1.29, 1.82) is 0 Å². The lowest BCUT2D eigenvalue weighted by Gasteiger charge is -2.05. The van der Waals surface area contributed by atoms with Gasteiger partial charge < -0.3 is 17.0 Å². The molecule has 0 radical (unpaired) electrons. The largest absolute Gasteiger partial charge is 1.00 e. The smallest absolute Gasteiger partial charge is 0.226 e. The molecule has 0 aliphatic heterocycles. The Bertz CT molecular complexity index is 566. The molecule has 2 aromatic rings. The zero-order valence-electron chi connectivity index (χ0n) is 14.5. The quantitative estimate of drug-likeness (QED) is 0.638. The van der Waals surface area contributed by atoms with Crippen LogP contribution in [0.1, 0.15) is 51.2 Å². The molecule has 23 heavy (non-hydrogen) atoms. The number of hydrogen-bond donors (Lipinski definition) is 0. The molecule has 0 spiro atoms. The van der Waals surface area contributed by atoms with E-state index in [-0.39, 0.29) is 17.0 Å². The Morgan fingerprint density at radius 3 is 2.39 bits per heavy atom. The van der Waals surface area contributed by atoms with E-state index in [4.69, 9.17) is 4.84 Å². The molecular weight excluding hydrogens is 350 g/mol. The Morgan fingerprint density at radius 2 is 1.74 bits per heavy atom. The van der Waals surface area contributed by atoms with Gasteiger partial charge in [0.2, 0.25) is 18.1 Å². The lowest BCUT2D eigenvalue weighted by Crippen LogP contribution is -3.00. The number of halogens is 1. The third kappa shape index (κ3) is 7.17. The molecule has 0 unspecified atom stereocenters. The third-order valence-electron chi connectivity index (χ3n) is 3.76. The molecule has 2 rings (SSSR count). The maximum Gasteiger partial charge on any atom is 0.226 e. The topological polar surface area (TPSA) is 13.1 Å². The van der Waals surface area contributed by atoms with Crippen LogP contribution in [0.2, 0.25) is 0 Å². The molecule has 0 saturated heterocycles. The van der Waals surface area contributed by atoms with E-state index in [1.807, 2.05) is 12.3 Å². The minimum atomic E-state index is 0. The fourth-order valence-electron chi connectivity index (χ4n) is 2.55. The second-order valence-electron chi connectivity index (χ2n) is 6.34. The minimum absolute atomic E-state index is 0. The summed E-state index contributed by atoms with van der Waals surface area (Å²) < 4.78 is 1.79. The van der Waals surface area contributed by atoms with Gasteiger partial charge in [-0.25, -0.2) is 4.84 Å². The van der Waals surface area contributed by atoms with Gasteiger partial charge in [0, 0.05) is 16.4 Å². The van der Waals surface area contributed by atoms with Crippen molar-refractivity contribution >= 4 is 0 Å². The highest BCUT2D eigenvalue weighted by atomic mass is 79.9. The summed E-state index contributed by atoms with van der Waals surface area (Å²) in [6.45, 7) is 6.75. The van der Waals surface area contributed by atoms with Crippen LogP contribution in [0, 0.1) is 5.92 Å². The highest BCUT2D eigenvalue weighted by Gasteiger charge is 2.06. The van der Waals surface area contributed by atoms with E-state index in [1.54, 1.807) is 4.73 Å². The SMILES string of the molecule is CCCc1ccc[n+](Oc2ccc(CCCC(C)C)cc2)c1.[Br-]. The van der Waals surface area contributed by atoms with Gasteiger partial charge in [-0.2, -0.15) is 0 Å². The first-order valence-corrected chi connectivity index (χ1v) is 8.45. The number of benzene rings is 1. The Labute approximate surface area is 151 Å². The van der Waals surface area contributed by atoms with Crippen LogP contribution < -0.4 is 26.5 Å². The Balaban J connectivity index is 0.00000264. The molecule has 0 N–H and O–H groups in total. The van der Waals surface area contributed by atoms with Gasteiger partial charge in [0.05, 0.1) is 0 Å². The predicted octanol–water partition coefficient (Wildman–Crippen LogP) is 1.75. The van der Waals surface area contributed by atoms with Crippen molar-refractivity contribution in [2.75, 3.05) is 0 Å². The number of pyridine rings is 1. The normalized spacial score (nSPS) is 10.4. The van der Waals surface area contributed by atoms with Crippen LogP contribution >= 0.6 is 0 Å². The first-order chi connectivity index (χ1) is 10.7. The number of nitrogens with zero attached hydrogens (tertiary/aromatic N) is 1. The van der Waals surface area contributed by atoms with Gasteiger partial charge in [-0.1, -0.05) is 45.7 Å². The van der Waals surface area contributed by atoms with Gasteiger partial charge in [0.15, 0.2) is 0 Å². The van der Waals surface area contributed by atoms with E-state index >= 15 is 0 Å². The number of aromatic nitrogens is 1. The van der Waals surface area contributed by atoms with Crippen LogP contribution in [0.15, 0.2) is 48.8 Å². The summed E-state index contributed by atoms with van der Waals surface area (Å²) in [4.78, 5) is 5.88. The van der Waals surface area contributed by atoms with E-state index < -0.39 is 0 Å². The third-order valence-corrected chi connectivity index (χ3v) is 3.76. The number of rotatable bonds is 8. The van der Waals surface area contributed by atoms with Gasteiger partial charge in [-0.05, 0) is 48.9 Å². The first-order valence-electron chi connectivity index (χ1n) is 8.45. The van der Waals surface area contributed by atoms with Crippen LogP contribution in [0.3, 0.4) is 0 Å². The maximum absolute atomic E-state index is 5.88. The average Bonchev–Trinajstić information content (AvgIpc) is 2.49. The molecule has 0 saturated carbocycles. The van der Waals surface area contributed by atoms with Gasteiger partial charge in [-0.15, -0.1) is 0 Å². The van der Waals surface area contributed by atoms with E-state index in [1.165, 1.54) is 24.0 Å². The van der Waals surface area contributed by atoms with Crippen molar-refractivity contribution < 1.29 is 26.5 Å². The number of aryl methyl sites for hydroxylation is 2. The Kier molecular flexibility index (Phi) is 8.93. The van der Waals surface area contributed by atoms with Crippen molar-refractivity contribution in [2.45, 2.75) is 52.9 Å². The van der Waals surface area contributed by atoms with Crippen LogP contribution in [-0.2, 0) is 12.8 Å². The van der Waals surface area contributed by atoms with Crippen LogP contribution in [0.5, 0.6) is 5.75 Å². The van der Waals surface area contributed by atoms with E-state index in [0.717, 1.165) is 30.9 Å². The van der Waals surface area contributed by atoms with Gasteiger partial charge in [0.1, 0.15) is 0 Å². The molecule has 0 aliphatic rings. The molecule has 0 aliphatic carbocycles. The van der Waals surface area contributed by atoms with Crippen molar-refractivity contribution in [1.82, 2.24) is 0 Å². The van der Waals surface area contributed by atoms with Crippen molar-refractivity contribution in [3.63, 3.8) is 0 Å². The highest BCUT2D eigenvalue weighted by Crippen LogP contribution is 2.14. The van der Waals surface area contributed by atoms with E-state index in [0.29, 0.717) is 0 Å². The Hall–Kier alpha value is -1.35. The summed E-state index contributed by atoms with van der Waals surface area (Å²) >= 11 is 0. The standard InChI is InChI=1S/C20H28NO.BrH/c1-4-7-19-10-6-15-21(16-19)22-20-13-11-18(12-14-20)9-5-8-17(2)3;/h6,10-17H,4-5,7-9H2,1-3H3;1H/q+1;/p-1. The molecule has 0 fully saturated rings. The molecular formula is C20H28BrNO. The fraction of sp³-hybridized carbons (Fsp3) is 0.450. The second-order valence-corrected chi connectivity index (χ2v) is 6.34. The monoisotopic (exact) mass is 377 g/mol. The van der Waals surface area contributed by atoms with Crippen molar-refractivity contribution in [2.24, 2.45) is 5.92 Å². The summed E-state index contributed by atoms with van der Waals surface area (Å²) in [7, 11) is 0. The summed E-state index contributed by atoms with van der Waals surface area (Å²) in [6, 6.07) is 12.6. The number of hydrogen-bond acceptors (Lipinski definition) is 1. The minimum Gasteiger partial charge on any atom is -1.00 e. The van der Waals surface area contributed by atoms with Gasteiger partial charge in [0.25, 0.3) is 0 Å². The van der Waals surface area contributed by atoms with Gasteiger partial charge in [-0.3, -0.25) is 0 Å². The molecule has 1 aromatic carbocycles. The van der Waals surface area contributed by atoms with E-state index in [9.17, 15) is 0 Å². The molecule has 126 valence electrons. The summed E-state index contributed by atoms with van der Waals surface area (Å²) in [5.74, 6) is 1.67. The molecule has 1 heterocycles. The highest BCUT2D eigenvalue weighted by molar-refractivity contribution is 5.26. The van der Waals surface area contributed by atoms with E-state index in [2.05, 4.69) is 57.3 Å². The second kappa shape index (κ2) is 10.4. The van der Waals surface area contributed by atoms with Crippen LogP contribution in [0.4, 0.5) is 0 Å². The fourth-order valence-corrected chi connectivity index (χ4v) is 2.55. The average molecular weight is 378 g/mol. The zero-order chi connectivity index (χ0) is 15.8. The summed E-state index contributed by atoms with van der Waals surface area (Å²) in [6.07, 6.45) is 9.92. The molecule has 0 amide bonds. The molecule has 2 nitrogen and oxygen atoms in total. The van der Waals surface area contributed by atoms with Crippen molar-refractivity contribution in [3.8, 4) is 5.75 Å². The van der Waals surface area contributed by atoms with Gasteiger partial charge >= 0.3 is 0 Å². The van der Waals surface area contributed by atoms with Crippen LogP contribution in [-0.4, -0.2) is 0 Å². The molecule has 0 atom stereocenters. The lowest BCUT2D eigenvalue weighted by atomic mass is 10.0.